The maximum atomic E-state index is 14.1. The van der Waals surface area contributed by atoms with Crippen LogP contribution in [-0.4, -0.2) is 29.8 Å². The van der Waals surface area contributed by atoms with Gasteiger partial charge in [-0.1, -0.05) is 18.2 Å². The zero-order chi connectivity index (χ0) is 18.0. The van der Waals surface area contributed by atoms with Crippen LogP contribution in [0.5, 0.6) is 5.75 Å². The molecule has 25 heavy (non-hydrogen) atoms. The Bertz CT molecular complexity index is 835. The van der Waals surface area contributed by atoms with Crippen molar-refractivity contribution in [1.29, 1.82) is 0 Å². The molecule has 1 aliphatic heterocycles. The standard InChI is InChI=1S/C19H17F2NO3/c1-25-15-4-2-3-13(9-15)18-10-12(7-8-22(18)19(23)24)16-11-14(20)5-6-17(16)21/h2-6,9-11,18H,7-8H2,1H3,(H,23,24). The van der Waals surface area contributed by atoms with Crippen molar-refractivity contribution < 1.29 is 23.4 Å². The Balaban J connectivity index is 2.07. The number of hydrogen-bond donors (Lipinski definition) is 1. The molecule has 4 nitrogen and oxygen atoms in total. The van der Waals surface area contributed by atoms with Gasteiger partial charge in [-0.15, -0.1) is 0 Å². The Kier molecular flexibility index (Phi) is 4.70. The van der Waals surface area contributed by atoms with Gasteiger partial charge >= 0.3 is 6.09 Å². The van der Waals surface area contributed by atoms with Crippen LogP contribution in [0.2, 0.25) is 0 Å². The molecule has 0 fully saturated rings. The second-order valence-corrected chi connectivity index (χ2v) is 5.76. The van der Waals surface area contributed by atoms with Crippen LogP contribution in [0.15, 0.2) is 48.5 Å². The maximum absolute atomic E-state index is 14.1. The van der Waals surface area contributed by atoms with Crippen LogP contribution in [0.3, 0.4) is 0 Å². The minimum atomic E-state index is -1.07. The highest BCUT2D eigenvalue weighted by atomic mass is 19.1. The van der Waals surface area contributed by atoms with Crippen LogP contribution in [0.25, 0.3) is 5.57 Å². The monoisotopic (exact) mass is 345 g/mol. The summed E-state index contributed by atoms with van der Waals surface area (Å²) >= 11 is 0. The number of ether oxygens (including phenoxy) is 1. The molecular formula is C19H17F2NO3. The van der Waals surface area contributed by atoms with Crippen LogP contribution in [0.1, 0.15) is 23.6 Å². The molecule has 3 rings (SSSR count). The third kappa shape index (κ3) is 3.47. The van der Waals surface area contributed by atoms with E-state index < -0.39 is 23.8 Å². The van der Waals surface area contributed by atoms with Gasteiger partial charge in [-0.3, -0.25) is 4.90 Å². The van der Waals surface area contributed by atoms with Crippen molar-refractivity contribution in [3.8, 4) is 5.75 Å². The van der Waals surface area contributed by atoms with E-state index in [0.717, 1.165) is 18.2 Å². The minimum Gasteiger partial charge on any atom is -0.497 e. The average molecular weight is 345 g/mol. The van der Waals surface area contributed by atoms with Gasteiger partial charge in [0.15, 0.2) is 0 Å². The van der Waals surface area contributed by atoms with E-state index in [-0.39, 0.29) is 12.1 Å². The summed E-state index contributed by atoms with van der Waals surface area (Å²) in [4.78, 5) is 12.9. The fourth-order valence-corrected chi connectivity index (χ4v) is 3.03. The molecule has 1 N–H and O–H groups in total. The van der Waals surface area contributed by atoms with Crippen LogP contribution in [0, 0.1) is 11.6 Å². The number of amides is 1. The third-order valence-corrected chi connectivity index (χ3v) is 4.27. The highest BCUT2D eigenvalue weighted by Crippen LogP contribution is 2.35. The number of carbonyl (C=O) groups is 1. The first-order chi connectivity index (χ1) is 12.0. The molecule has 0 saturated carbocycles. The molecule has 0 aliphatic carbocycles. The summed E-state index contributed by atoms with van der Waals surface area (Å²) in [5.41, 5.74) is 1.45. The highest BCUT2D eigenvalue weighted by molar-refractivity contribution is 5.73. The average Bonchev–Trinajstić information content (AvgIpc) is 2.63. The van der Waals surface area contributed by atoms with Crippen molar-refractivity contribution in [1.82, 2.24) is 4.90 Å². The highest BCUT2D eigenvalue weighted by Gasteiger charge is 2.29. The van der Waals surface area contributed by atoms with Gasteiger partial charge in [-0.25, -0.2) is 13.6 Å². The predicted octanol–water partition coefficient (Wildman–Crippen LogP) is 4.48. The first-order valence-electron chi connectivity index (χ1n) is 7.79. The molecule has 130 valence electrons. The summed E-state index contributed by atoms with van der Waals surface area (Å²) in [5, 5.41) is 9.48. The molecule has 1 amide bonds. The number of hydrogen-bond acceptors (Lipinski definition) is 2. The van der Waals surface area contributed by atoms with Crippen LogP contribution in [-0.2, 0) is 0 Å². The topological polar surface area (TPSA) is 49.8 Å². The number of carboxylic acid groups (broad SMARTS) is 1. The molecule has 0 bridgehead atoms. The van der Waals surface area contributed by atoms with Crippen molar-refractivity contribution >= 4 is 11.7 Å². The molecule has 0 radical (unpaired) electrons. The third-order valence-electron chi connectivity index (χ3n) is 4.27. The molecule has 6 heteroatoms. The molecule has 1 unspecified atom stereocenters. The van der Waals surface area contributed by atoms with E-state index in [0.29, 0.717) is 23.3 Å². The SMILES string of the molecule is COc1cccc(C2C=C(c3cc(F)ccc3F)CCN2C(=O)O)c1. The summed E-state index contributed by atoms with van der Waals surface area (Å²) in [6.07, 6.45) is 0.917. The Labute approximate surface area is 144 Å². The quantitative estimate of drug-likeness (QED) is 0.892. The minimum absolute atomic E-state index is 0.165. The van der Waals surface area contributed by atoms with Crippen LogP contribution in [0.4, 0.5) is 13.6 Å². The zero-order valence-corrected chi connectivity index (χ0v) is 13.6. The molecule has 0 spiro atoms. The fourth-order valence-electron chi connectivity index (χ4n) is 3.03. The molecule has 2 aromatic carbocycles. The molecule has 0 aromatic heterocycles. The fraction of sp³-hybridized carbons (Fsp3) is 0.211. The summed E-state index contributed by atoms with van der Waals surface area (Å²) in [7, 11) is 1.53. The lowest BCUT2D eigenvalue weighted by Gasteiger charge is -2.33. The van der Waals surface area contributed by atoms with Gasteiger partial charge in [0.25, 0.3) is 0 Å². The van der Waals surface area contributed by atoms with E-state index in [1.807, 2.05) is 0 Å². The molecule has 1 atom stereocenters. The van der Waals surface area contributed by atoms with E-state index in [9.17, 15) is 18.7 Å². The van der Waals surface area contributed by atoms with Crippen molar-refractivity contribution in [2.75, 3.05) is 13.7 Å². The summed E-state index contributed by atoms with van der Waals surface area (Å²) in [6.45, 7) is 0.193. The Morgan fingerprint density at radius 1 is 1.24 bits per heavy atom. The van der Waals surface area contributed by atoms with E-state index in [1.165, 1.54) is 12.0 Å². The van der Waals surface area contributed by atoms with E-state index in [1.54, 1.807) is 30.3 Å². The predicted molar refractivity (Wildman–Crippen MR) is 89.4 cm³/mol. The van der Waals surface area contributed by atoms with Crippen molar-refractivity contribution in [2.24, 2.45) is 0 Å². The zero-order valence-electron chi connectivity index (χ0n) is 13.6. The van der Waals surface area contributed by atoms with Crippen LogP contribution < -0.4 is 4.74 Å². The molecular weight excluding hydrogens is 328 g/mol. The van der Waals surface area contributed by atoms with Crippen LogP contribution >= 0.6 is 0 Å². The van der Waals surface area contributed by atoms with Crippen molar-refractivity contribution in [3.63, 3.8) is 0 Å². The summed E-state index contributed by atoms with van der Waals surface area (Å²) in [6, 6.07) is 9.72. The number of benzene rings is 2. The number of methoxy groups -OCH3 is 1. The van der Waals surface area contributed by atoms with E-state index in [4.69, 9.17) is 4.74 Å². The van der Waals surface area contributed by atoms with Gasteiger partial charge in [0.05, 0.1) is 13.2 Å². The maximum Gasteiger partial charge on any atom is 0.408 e. The second-order valence-electron chi connectivity index (χ2n) is 5.76. The lowest BCUT2D eigenvalue weighted by atomic mass is 9.92. The molecule has 1 aliphatic rings. The van der Waals surface area contributed by atoms with Gasteiger partial charge < -0.3 is 9.84 Å². The first kappa shape index (κ1) is 17.0. The smallest absolute Gasteiger partial charge is 0.408 e. The Morgan fingerprint density at radius 3 is 2.76 bits per heavy atom. The molecule has 0 saturated heterocycles. The lowest BCUT2D eigenvalue weighted by molar-refractivity contribution is 0.133. The largest absolute Gasteiger partial charge is 0.497 e. The van der Waals surface area contributed by atoms with Gasteiger partial charge in [-0.2, -0.15) is 0 Å². The van der Waals surface area contributed by atoms with E-state index in [2.05, 4.69) is 0 Å². The van der Waals surface area contributed by atoms with Gasteiger partial charge in [0, 0.05) is 12.1 Å². The summed E-state index contributed by atoms with van der Waals surface area (Å²) in [5.74, 6) is -0.461. The molecule has 2 aromatic rings. The Hall–Kier alpha value is -2.89. The second kappa shape index (κ2) is 6.93. The molecule has 1 heterocycles. The van der Waals surface area contributed by atoms with Crippen molar-refractivity contribution in [3.05, 3.63) is 71.3 Å². The van der Waals surface area contributed by atoms with Gasteiger partial charge in [-0.05, 0) is 47.9 Å². The Morgan fingerprint density at radius 2 is 2.04 bits per heavy atom. The number of rotatable bonds is 3. The normalized spacial score (nSPS) is 17.2. The van der Waals surface area contributed by atoms with E-state index >= 15 is 0 Å². The van der Waals surface area contributed by atoms with Crippen molar-refractivity contribution in [2.45, 2.75) is 12.5 Å². The van der Waals surface area contributed by atoms with Gasteiger partial charge in [0.2, 0.25) is 0 Å². The number of nitrogens with zero attached hydrogens (tertiary/aromatic N) is 1. The first-order valence-corrected chi connectivity index (χ1v) is 7.79. The summed E-state index contributed by atoms with van der Waals surface area (Å²) < 4.78 is 32.8. The van der Waals surface area contributed by atoms with Gasteiger partial charge in [0.1, 0.15) is 17.4 Å². The lowest BCUT2D eigenvalue weighted by Crippen LogP contribution is -2.36. The number of halogens is 2.